The lowest BCUT2D eigenvalue weighted by molar-refractivity contribution is -0.0436. The number of piperidine rings is 1. The number of sulfonamides is 1. The van der Waals surface area contributed by atoms with Crippen LogP contribution in [0.3, 0.4) is 0 Å². The minimum atomic E-state index is -6.10. The minimum absolute atomic E-state index is 0.0943. The van der Waals surface area contributed by atoms with Gasteiger partial charge in [0.25, 0.3) is 25.8 Å². The molecule has 0 saturated carbocycles. The van der Waals surface area contributed by atoms with Gasteiger partial charge in [-0.05, 0) is 109 Å². The van der Waals surface area contributed by atoms with Gasteiger partial charge in [-0.15, -0.1) is 11.8 Å². The molecule has 0 spiro atoms. The molecule has 0 aliphatic carbocycles. The normalized spacial score (nSPS) is 17.2. The fraction of sp³-hybridized carbons (Fsp3) is 0.340. The fourth-order valence-electron chi connectivity index (χ4n) is 8.17. The number of benzene rings is 5. The van der Waals surface area contributed by atoms with Crippen molar-refractivity contribution < 1.29 is 58.0 Å². The van der Waals surface area contributed by atoms with Crippen LogP contribution in [-0.2, 0) is 38.2 Å². The van der Waals surface area contributed by atoms with Gasteiger partial charge >= 0.3 is 13.3 Å². The second-order valence-corrected chi connectivity index (χ2v) is 23.0. The van der Waals surface area contributed by atoms with Crippen LogP contribution in [0.5, 0.6) is 0 Å². The molecule has 0 bridgehead atoms. The zero-order valence-electron chi connectivity index (χ0n) is 37.3. The standard InChI is InChI=1S/C47H51ClF3N4O10PS3/c1-63-66(57,58)65-45(42-10-6-5-9-41(42)33-11-15-36(48)16-12-33)34-21-25-55(26-22-34)38-17-13-35(14-18-38)46(56)53-69(61,62)40-19-20-43(44(31-40)68(59,60)47(49,50)51)52-37(23-24-54-27-29-64-30-28-54)32-67-39-7-3-2-4-8-39/h2-20,31,34,37,45,52H,21-30,32H2,1H3,(H,53,56)(H,57,58). The lowest BCUT2D eigenvalue weighted by Gasteiger charge is -2.38. The van der Waals surface area contributed by atoms with Crippen molar-refractivity contribution in [3.05, 3.63) is 137 Å². The van der Waals surface area contributed by atoms with E-state index in [9.17, 15) is 44.3 Å². The maximum absolute atomic E-state index is 14.2. The van der Waals surface area contributed by atoms with E-state index in [4.69, 9.17) is 25.4 Å². The number of carbonyl (C=O) groups is 1. The van der Waals surface area contributed by atoms with Crippen molar-refractivity contribution in [3.63, 3.8) is 0 Å². The first-order valence-electron chi connectivity index (χ1n) is 21.9. The number of nitrogens with zero attached hydrogens (tertiary/aromatic N) is 2. The highest BCUT2D eigenvalue weighted by Gasteiger charge is 2.48. The molecule has 2 heterocycles. The number of ether oxygens (including phenoxy) is 1. The van der Waals surface area contributed by atoms with E-state index in [-0.39, 0.29) is 11.5 Å². The number of halogens is 4. The molecule has 2 fully saturated rings. The van der Waals surface area contributed by atoms with Crippen LogP contribution in [0, 0.1) is 5.92 Å². The summed E-state index contributed by atoms with van der Waals surface area (Å²) < 4.78 is 127. The maximum atomic E-state index is 14.2. The van der Waals surface area contributed by atoms with Crippen LogP contribution in [0.25, 0.3) is 11.1 Å². The van der Waals surface area contributed by atoms with E-state index < -0.39 is 66.7 Å². The first-order chi connectivity index (χ1) is 32.8. The van der Waals surface area contributed by atoms with Gasteiger partial charge in [-0.2, -0.15) is 13.2 Å². The summed E-state index contributed by atoms with van der Waals surface area (Å²) in [6, 6.07) is 31.7. The number of phosphoric ester groups is 1. The number of hydrogen-bond acceptors (Lipinski definition) is 13. The lowest BCUT2D eigenvalue weighted by atomic mass is 9.84. The Labute approximate surface area is 409 Å². The van der Waals surface area contributed by atoms with Gasteiger partial charge in [0.2, 0.25) is 0 Å². The average molecular weight is 1050 g/mol. The van der Waals surface area contributed by atoms with Crippen molar-refractivity contribution in [1.82, 2.24) is 9.62 Å². The Morgan fingerprint density at radius 3 is 2.20 bits per heavy atom. The number of alkyl halides is 3. The third kappa shape index (κ3) is 13.5. The molecule has 2 saturated heterocycles. The summed E-state index contributed by atoms with van der Waals surface area (Å²) in [4.78, 5) is 26.8. The molecule has 2 aliphatic rings. The molecule has 5 aromatic rings. The number of carbonyl (C=O) groups excluding carboxylic acids is 1. The summed E-state index contributed by atoms with van der Waals surface area (Å²) in [5.41, 5.74) is -3.30. The number of phosphoric acid groups is 1. The van der Waals surface area contributed by atoms with Gasteiger partial charge in [-0.3, -0.25) is 18.7 Å². The predicted octanol–water partition coefficient (Wildman–Crippen LogP) is 9.44. The first-order valence-corrected chi connectivity index (χ1v) is 27.7. The fourth-order valence-corrected chi connectivity index (χ4v) is 12.0. The summed E-state index contributed by atoms with van der Waals surface area (Å²) in [7, 11) is -14.4. The van der Waals surface area contributed by atoms with Crippen LogP contribution in [-0.4, -0.2) is 103 Å². The number of thioether (sulfide) groups is 1. The van der Waals surface area contributed by atoms with Gasteiger partial charge in [0.1, 0.15) is 4.90 Å². The molecular formula is C47H51ClF3N4O10PS3. The highest BCUT2D eigenvalue weighted by atomic mass is 35.5. The van der Waals surface area contributed by atoms with Crippen LogP contribution in [0.1, 0.15) is 41.3 Å². The van der Waals surface area contributed by atoms with E-state index in [1.54, 1.807) is 24.3 Å². The van der Waals surface area contributed by atoms with E-state index in [0.717, 1.165) is 35.3 Å². The molecule has 0 aromatic heterocycles. The van der Waals surface area contributed by atoms with Crippen molar-refractivity contribution in [3.8, 4) is 11.1 Å². The van der Waals surface area contributed by atoms with Crippen LogP contribution >= 0.6 is 31.2 Å². The molecule has 7 rings (SSSR count). The summed E-state index contributed by atoms with van der Waals surface area (Å²) in [6.45, 7) is 3.86. The van der Waals surface area contributed by atoms with Crippen molar-refractivity contribution in [2.45, 2.75) is 51.6 Å². The quantitative estimate of drug-likeness (QED) is 0.0526. The van der Waals surface area contributed by atoms with Crippen molar-refractivity contribution >= 4 is 68.3 Å². The SMILES string of the molecule is COP(=O)(O)OC(c1ccccc1-c1ccc(Cl)cc1)C1CCN(c2ccc(C(=O)NS(=O)(=O)c3ccc(NC(CCN4CCOCC4)CSc4ccccc4)c(S(=O)(=O)C(F)(F)F)c3)cc2)CC1. The average Bonchev–Trinajstić information content (AvgIpc) is 3.34. The van der Waals surface area contributed by atoms with E-state index in [0.29, 0.717) is 93.3 Å². The Morgan fingerprint density at radius 1 is 0.899 bits per heavy atom. The molecule has 370 valence electrons. The van der Waals surface area contributed by atoms with Crippen LogP contribution < -0.4 is 14.9 Å². The van der Waals surface area contributed by atoms with Gasteiger partial charge in [0, 0.05) is 72.8 Å². The largest absolute Gasteiger partial charge is 0.501 e. The Hall–Kier alpha value is -4.47. The van der Waals surface area contributed by atoms with Crippen molar-refractivity contribution in [2.24, 2.45) is 5.92 Å². The van der Waals surface area contributed by atoms with Crippen LogP contribution in [0.2, 0.25) is 5.02 Å². The smallest absolute Gasteiger partial charge is 0.380 e. The molecule has 1 amide bonds. The van der Waals surface area contributed by atoms with E-state index >= 15 is 0 Å². The molecule has 3 unspecified atom stereocenters. The van der Waals surface area contributed by atoms with Gasteiger partial charge in [-0.1, -0.05) is 66.2 Å². The molecule has 5 aromatic carbocycles. The number of morpholine rings is 1. The summed E-state index contributed by atoms with van der Waals surface area (Å²) >= 11 is 7.57. The number of amides is 1. The molecule has 0 radical (unpaired) electrons. The first kappa shape index (κ1) is 52.4. The predicted molar refractivity (Wildman–Crippen MR) is 260 cm³/mol. The van der Waals surface area contributed by atoms with Gasteiger partial charge in [0.15, 0.2) is 0 Å². The molecule has 22 heteroatoms. The number of hydrogen-bond donors (Lipinski definition) is 3. The second-order valence-electron chi connectivity index (χ2n) is 16.4. The third-order valence-corrected chi connectivity index (χ3v) is 17.1. The Kier molecular flexibility index (Phi) is 17.3. The molecule has 69 heavy (non-hydrogen) atoms. The zero-order chi connectivity index (χ0) is 49.4. The topological polar surface area (TPSA) is 181 Å². The monoisotopic (exact) mass is 1050 g/mol. The molecule has 2 aliphatic heterocycles. The maximum Gasteiger partial charge on any atom is 0.501 e. The third-order valence-electron chi connectivity index (χ3n) is 11.9. The van der Waals surface area contributed by atoms with Crippen molar-refractivity contribution in [2.75, 3.05) is 69.0 Å². The minimum Gasteiger partial charge on any atom is -0.380 e. The zero-order valence-corrected chi connectivity index (χ0v) is 41.4. The summed E-state index contributed by atoms with van der Waals surface area (Å²) in [6.07, 6.45) is 0.627. The Balaban J connectivity index is 1.05. The van der Waals surface area contributed by atoms with E-state index in [2.05, 4.69) is 10.2 Å². The number of rotatable bonds is 19. The lowest BCUT2D eigenvalue weighted by Crippen LogP contribution is -2.39. The number of nitrogens with one attached hydrogen (secondary N) is 2. The van der Waals surface area contributed by atoms with E-state index in [1.165, 1.54) is 23.9 Å². The molecular weight excluding hydrogens is 1000 g/mol. The molecule has 3 N–H and O–H groups in total. The Bertz CT molecular complexity index is 2820. The number of anilines is 2. The highest BCUT2D eigenvalue weighted by Crippen LogP contribution is 2.52. The summed E-state index contributed by atoms with van der Waals surface area (Å²) in [5.74, 6) is -0.986. The van der Waals surface area contributed by atoms with Gasteiger partial charge in [0.05, 0.1) is 29.9 Å². The van der Waals surface area contributed by atoms with Gasteiger partial charge < -0.3 is 19.8 Å². The Morgan fingerprint density at radius 2 is 1.55 bits per heavy atom. The van der Waals surface area contributed by atoms with Crippen LogP contribution in [0.15, 0.2) is 136 Å². The van der Waals surface area contributed by atoms with Crippen LogP contribution in [0.4, 0.5) is 24.5 Å². The van der Waals surface area contributed by atoms with Gasteiger partial charge in [-0.25, -0.2) is 26.1 Å². The highest BCUT2D eigenvalue weighted by molar-refractivity contribution is 7.99. The summed E-state index contributed by atoms with van der Waals surface area (Å²) in [5, 5.41) is 3.52. The second kappa shape index (κ2) is 22.7. The molecule has 3 atom stereocenters. The molecule has 14 nitrogen and oxygen atoms in total. The number of sulfone groups is 1. The van der Waals surface area contributed by atoms with Crippen molar-refractivity contribution in [1.29, 1.82) is 0 Å². The van der Waals surface area contributed by atoms with E-state index in [1.807, 2.05) is 76.4 Å².